The third-order valence-electron chi connectivity index (χ3n) is 6.89. The summed E-state index contributed by atoms with van der Waals surface area (Å²) in [6.07, 6.45) is 7.30. The fraction of sp³-hybridized carbons (Fsp3) is 0.542. The summed E-state index contributed by atoms with van der Waals surface area (Å²) in [7, 11) is 0. The highest BCUT2D eigenvalue weighted by Crippen LogP contribution is 2.27. The SMILES string of the molecule is O=C(Nc1ccnc(N2CCN(c3ncc(C(=O)N4CCCC4)cc3Cl)CC2)n1)C1CCCNC1. The van der Waals surface area contributed by atoms with Crippen molar-refractivity contribution in [1.29, 1.82) is 0 Å². The number of rotatable bonds is 5. The molecule has 3 saturated heterocycles. The number of nitrogens with one attached hydrogen (secondary N) is 2. The molecule has 0 aliphatic carbocycles. The van der Waals surface area contributed by atoms with Crippen molar-refractivity contribution >= 4 is 41.0 Å². The van der Waals surface area contributed by atoms with E-state index in [4.69, 9.17) is 11.6 Å². The largest absolute Gasteiger partial charge is 0.352 e. The van der Waals surface area contributed by atoms with Gasteiger partial charge in [0.1, 0.15) is 11.6 Å². The number of pyridine rings is 1. The van der Waals surface area contributed by atoms with Crippen molar-refractivity contribution in [2.75, 3.05) is 67.5 Å². The Morgan fingerprint density at radius 3 is 2.51 bits per heavy atom. The number of amides is 2. The molecule has 10 nitrogen and oxygen atoms in total. The molecule has 0 spiro atoms. The molecule has 11 heteroatoms. The van der Waals surface area contributed by atoms with E-state index in [1.54, 1.807) is 24.5 Å². The zero-order valence-corrected chi connectivity index (χ0v) is 20.5. The Balaban J connectivity index is 1.18. The molecule has 5 heterocycles. The molecule has 186 valence electrons. The second kappa shape index (κ2) is 10.7. The number of piperazine rings is 1. The van der Waals surface area contributed by atoms with Crippen molar-refractivity contribution in [1.82, 2.24) is 25.2 Å². The van der Waals surface area contributed by atoms with Crippen LogP contribution in [0.1, 0.15) is 36.0 Å². The summed E-state index contributed by atoms with van der Waals surface area (Å²) in [6.45, 7) is 6.03. The maximum Gasteiger partial charge on any atom is 0.255 e. The van der Waals surface area contributed by atoms with E-state index in [9.17, 15) is 9.59 Å². The monoisotopic (exact) mass is 498 g/mol. The summed E-state index contributed by atoms with van der Waals surface area (Å²) < 4.78 is 0. The van der Waals surface area contributed by atoms with Gasteiger partial charge in [0.15, 0.2) is 0 Å². The molecule has 3 aliphatic rings. The fourth-order valence-corrected chi connectivity index (χ4v) is 5.16. The number of halogens is 1. The van der Waals surface area contributed by atoms with E-state index in [1.165, 1.54) is 0 Å². The molecular formula is C24H31ClN8O2. The molecule has 0 saturated carbocycles. The average molecular weight is 499 g/mol. The van der Waals surface area contributed by atoms with Crippen molar-refractivity contribution in [2.24, 2.45) is 5.92 Å². The molecule has 2 aromatic heterocycles. The zero-order chi connectivity index (χ0) is 24.2. The first kappa shape index (κ1) is 23.7. The van der Waals surface area contributed by atoms with Crippen LogP contribution in [-0.4, -0.2) is 84.0 Å². The van der Waals surface area contributed by atoms with Crippen molar-refractivity contribution in [3.63, 3.8) is 0 Å². The van der Waals surface area contributed by atoms with Gasteiger partial charge in [-0.15, -0.1) is 0 Å². The zero-order valence-electron chi connectivity index (χ0n) is 19.7. The number of piperidine rings is 1. The van der Waals surface area contributed by atoms with Gasteiger partial charge < -0.3 is 25.3 Å². The number of hydrogen-bond donors (Lipinski definition) is 2. The summed E-state index contributed by atoms with van der Waals surface area (Å²) in [5.74, 6) is 1.77. The Kier molecular flexibility index (Phi) is 7.29. The van der Waals surface area contributed by atoms with E-state index in [0.717, 1.165) is 45.3 Å². The second-order valence-corrected chi connectivity index (χ2v) is 9.68. The molecule has 3 aliphatic heterocycles. The number of carbonyl (C=O) groups excluding carboxylic acids is 2. The minimum absolute atomic E-state index is 0.000884. The van der Waals surface area contributed by atoms with Crippen molar-refractivity contribution in [2.45, 2.75) is 25.7 Å². The third kappa shape index (κ3) is 5.48. The number of hydrogen-bond acceptors (Lipinski definition) is 8. The number of nitrogens with zero attached hydrogens (tertiary/aromatic N) is 6. The molecule has 0 radical (unpaired) electrons. The van der Waals surface area contributed by atoms with Gasteiger partial charge in [0.25, 0.3) is 5.91 Å². The minimum Gasteiger partial charge on any atom is -0.352 e. The van der Waals surface area contributed by atoms with Crippen LogP contribution in [0, 0.1) is 5.92 Å². The molecule has 2 aromatic rings. The summed E-state index contributed by atoms with van der Waals surface area (Å²) in [4.78, 5) is 44.8. The standard InChI is InChI=1S/C24H31ClN8O2/c25-19-14-18(23(35)32-8-1-2-9-32)16-28-21(19)31-10-12-33(13-11-31)24-27-7-5-20(30-24)29-22(34)17-4-3-6-26-15-17/h5,7,14,16-17,26H,1-4,6,8-13,15H2,(H,27,29,30,34). The van der Waals surface area contributed by atoms with Crippen LogP contribution in [0.25, 0.3) is 0 Å². The maximum absolute atomic E-state index is 12.6. The van der Waals surface area contributed by atoms with E-state index >= 15 is 0 Å². The van der Waals surface area contributed by atoms with Gasteiger partial charge in [0, 0.05) is 58.2 Å². The average Bonchev–Trinajstić information content (AvgIpc) is 3.44. The predicted molar refractivity (Wildman–Crippen MR) is 135 cm³/mol. The van der Waals surface area contributed by atoms with Crippen LogP contribution in [0.2, 0.25) is 5.02 Å². The van der Waals surface area contributed by atoms with Crippen LogP contribution >= 0.6 is 11.6 Å². The number of carbonyl (C=O) groups is 2. The van der Waals surface area contributed by atoms with Crippen LogP contribution < -0.4 is 20.4 Å². The lowest BCUT2D eigenvalue weighted by atomic mass is 9.99. The van der Waals surface area contributed by atoms with Crippen LogP contribution in [0.15, 0.2) is 24.5 Å². The van der Waals surface area contributed by atoms with Gasteiger partial charge in [-0.25, -0.2) is 9.97 Å². The molecule has 1 unspecified atom stereocenters. The van der Waals surface area contributed by atoms with E-state index in [0.29, 0.717) is 60.9 Å². The van der Waals surface area contributed by atoms with E-state index in [-0.39, 0.29) is 17.7 Å². The Morgan fingerprint density at radius 2 is 1.80 bits per heavy atom. The highest BCUT2D eigenvalue weighted by Gasteiger charge is 2.25. The summed E-state index contributed by atoms with van der Waals surface area (Å²) in [6, 6.07) is 3.45. The lowest BCUT2D eigenvalue weighted by Gasteiger charge is -2.35. The molecule has 0 bridgehead atoms. The normalized spacial score (nSPS) is 20.7. The summed E-state index contributed by atoms with van der Waals surface area (Å²) in [5, 5.41) is 6.70. The molecule has 1 atom stereocenters. The van der Waals surface area contributed by atoms with Crippen molar-refractivity contribution in [3.05, 3.63) is 35.1 Å². The smallest absolute Gasteiger partial charge is 0.255 e. The van der Waals surface area contributed by atoms with Gasteiger partial charge in [0.2, 0.25) is 11.9 Å². The quantitative estimate of drug-likeness (QED) is 0.645. The molecule has 3 fully saturated rings. The van der Waals surface area contributed by atoms with E-state index < -0.39 is 0 Å². The lowest BCUT2D eigenvalue weighted by Crippen LogP contribution is -2.47. The van der Waals surface area contributed by atoms with Gasteiger partial charge in [-0.2, -0.15) is 4.98 Å². The topological polar surface area (TPSA) is 107 Å². The van der Waals surface area contributed by atoms with Crippen LogP contribution in [-0.2, 0) is 4.79 Å². The summed E-state index contributed by atoms with van der Waals surface area (Å²) in [5.41, 5.74) is 0.538. The van der Waals surface area contributed by atoms with Crippen LogP contribution in [0.3, 0.4) is 0 Å². The first-order valence-electron chi connectivity index (χ1n) is 12.4. The first-order valence-corrected chi connectivity index (χ1v) is 12.8. The maximum atomic E-state index is 12.6. The molecule has 35 heavy (non-hydrogen) atoms. The van der Waals surface area contributed by atoms with Crippen LogP contribution in [0.4, 0.5) is 17.6 Å². The molecule has 2 N–H and O–H groups in total. The van der Waals surface area contributed by atoms with Gasteiger partial charge in [-0.05, 0) is 44.4 Å². The number of likely N-dealkylation sites (tertiary alicyclic amines) is 1. The van der Waals surface area contributed by atoms with E-state index in [2.05, 4.69) is 35.4 Å². The van der Waals surface area contributed by atoms with Crippen LogP contribution in [0.5, 0.6) is 0 Å². The highest BCUT2D eigenvalue weighted by atomic mass is 35.5. The Hall–Kier alpha value is -2.98. The number of aromatic nitrogens is 3. The first-order chi connectivity index (χ1) is 17.1. The highest BCUT2D eigenvalue weighted by molar-refractivity contribution is 6.33. The van der Waals surface area contributed by atoms with Gasteiger partial charge in [-0.3, -0.25) is 9.59 Å². The minimum atomic E-state index is -0.0278. The second-order valence-electron chi connectivity index (χ2n) is 9.28. The molecule has 0 aromatic carbocycles. The Labute approximate surface area is 210 Å². The Bertz CT molecular complexity index is 1060. The van der Waals surface area contributed by atoms with Gasteiger partial charge >= 0.3 is 0 Å². The van der Waals surface area contributed by atoms with Crippen molar-refractivity contribution in [3.8, 4) is 0 Å². The molecule has 2 amide bonds. The van der Waals surface area contributed by atoms with Gasteiger partial charge in [-0.1, -0.05) is 11.6 Å². The number of anilines is 3. The van der Waals surface area contributed by atoms with Gasteiger partial charge in [0.05, 0.1) is 16.5 Å². The summed E-state index contributed by atoms with van der Waals surface area (Å²) >= 11 is 6.54. The fourth-order valence-electron chi connectivity index (χ4n) is 4.88. The predicted octanol–water partition coefficient (Wildman–Crippen LogP) is 2.03. The van der Waals surface area contributed by atoms with Crippen molar-refractivity contribution < 1.29 is 9.59 Å². The third-order valence-corrected chi connectivity index (χ3v) is 7.16. The molecular weight excluding hydrogens is 468 g/mol. The Morgan fingerprint density at radius 1 is 1.03 bits per heavy atom. The lowest BCUT2D eigenvalue weighted by molar-refractivity contribution is -0.120. The van der Waals surface area contributed by atoms with E-state index in [1.807, 2.05) is 4.90 Å². The molecule has 5 rings (SSSR count).